The zero-order valence-electron chi connectivity index (χ0n) is 7.28. The molecule has 4 nitrogen and oxygen atoms in total. The Morgan fingerprint density at radius 3 is 2.80 bits per heavy atom. The molecule has 1 unspecified atom stereocenters. The van der Waals surface area contributed by atoms with Gasteiger partial charge in [0.2, 0.25) is 0 Å². The van der Waals surface area contributed by atoms with E-state index in [-0.39, 0.29) is 16.3 Å². The first kappa shape index (κ1) is 11.3. The van der Waals surface area contributed by atoms with Gasteiger partial charge in [0.1, 0.15) is 5.75 Å². The fourth-order valence-corrected chi connectivity index (χ4v) is 1.05. The van der Waals surface area contributed by atoms with Gasteiger partial charge in [0.25, 0.3) is 0 Å². The second-order valence-corrected chi connectivity index (χ2v) is 2.94. The number of hydrogen-bond donors (Lipinski definition) is 1. The quantitative estimate of drug-likeness (QED) is 0.860. The van der Waals surface area contributed by atoms with Crippen LogP contribution in [0.1, 0.15) is 5.56 Å². The molecule has 1 rings (SSSR count). The molecule has 0 aromatic heterocycles. The smallest absolute Gasteiger partial charge is 0.378 e. The minimum Gasteiger partial charge on any atom is -0.476 e. The van der Waals surface area contributed by atoms with Gasteiger partial charge >= 0.3 is 12.3 Å². The minimum absolute atomic E-state index is 0.0158. The number of carboxylic acids is 1. The number of hydrogen-bond acceptors (Lipinski definition) is 3. The lowest BCUT2D eigenvalue weighted by atomic mass is 10.2. The number of carboxylic acid groups (broad SMARTS) is 1. The highest BCUT2D eigenvalue weighted by molar-refractivity contribution is 6.32. The van der Waals surface area contributed by atoms with Gasteiger partial charge < -0.3 is 9.84 Å². The Kier molecular flexibility index (Phi) is 3.47. The zero-order chi connectivity index (χ0) is 11.4. The Balaban J connectivity index is 2.88. The second-order valence-electron chi connectivity index (χ2n) is 2.53. The first-order valence-corrected chi connectivity index (χ1v) is 4.15. The molecule has 0 bridgehead atoms. The molecule has 0 saturated heterocycles. The van der Waals surface area contributed by atoms with E-state index in [1.54, 1.807) is 0 Å². The van der Waals surface area contributed by atoms with E-state index in [9.17, 15) is 9.18 Å². The minimum atomic E-state index is -2.48. The van der Waals surface area contributed by atoms with Gasteiger partial charge in [0, 0.05) is 0 Å². The molecule has 0 heterocycles. The topological polar surface area (TPSA) is 70.3 Å². The summed E-state index contributed by atoms with van der Waals surface area (Å²) in [5.74, 6) is -1.86. The van der Waals surface area contributed by atoms with Crippen molar-refractivity contribution in [2.24, 2.45) is 0 Å². The average molecular weight is 230 g/mol. The van der Waals surface area contributed by atoms with Crippen LogP contribution >= 0.6 is 11.6 Å². The summed E-state index contributed by atoms with van der Waals surface area (Å²) in [7, 11) is 0. The Morgan fingerprint density at radius 2 is 2.33 bits per heavy atom. The van der Waals surface area contributed by atoms with Gasteiger partial charge in [0.05, 0.1) is 16.7 Å². The van der Waals surface area contributed by atoms with Crippen molar-refractivity contribution in [3.63, 3.8) is 0 Å². The number of nitriles is 1. The maximum Gasteiger partial charge on any atom is 0.378 e. The fourth-order valence-electron chi connectivity index (χ4n) is 0.828. The van der Waals surface area contributed by atoms with Gasteiger partial charge in [-0.25, -0.2) is 4.79 Å². The molecule has 0 radical (unpaired) electrons. The summed E-state index contributed by atoms with van der Waals surface area (Å²) < 4.78 is 17.0. The van der Waals surface area contributed by atoms with E-state index < -0.39 is 12.3 Å². The standard InChI is InChI=1S/C9H5ClFNO3/c10-6-3-5(4-12)1-2-7(6)15-8(11)9(13)14/h1-3,8H,(H,13,14). The predicted octanol–water partition coefficient (Wildman–Crippen LogP) is 1.97. The molecule has 1 aromatic rings. The number of benzene rings is 1. The number of carbonyl (C=O) groups is 1. The van der Waals surface area contributed by atoms with E-state index in [1.165, 1.54) is 18.2 Å². The van der Waals surface area contributed by atoms with Crippen LogP contribution in [0, 0.1) is 11.3 Å². The van der Waals surface area contributed by atoms with Crippen molar-refractivity contribution in [3.05, 3.63) is 28.8 Å². The highest BCUT2D eigenvalue weighted by Gasteiger charge is 2.18. The first-order valence-electron chi connectivity index (χ1n) is 3.78. The monoisotopic (exact) mass is 229 g/mol. The summed E-state index contributed by atoms with van der Waals surface area (Å²) in [6, 6.07) is 5.65. The van der Waals surface area contributed by atoms with Crippen molar-refractivity contribution in [2.75, 3.05) is 0 Å². The van der Waals surface area contributed by atoms with Crippen LogP contribution in [0.25, 0.3) is 0 Å². The summed E-state index contributed by atoms with van der Waals surface area (Å²) in [5, 5.41) is 16.7. The van der Waals surface area contributed by atoms with Gasteiger partial charge in [0.15, 0.2) is 0 Å². The molecule has 1 aromatic carbocycles. The largest absolute Gasteiger partial charge is 0.476 e. The van der Waals surface area contributed by atoms with Gasteiger partial charge in [-0.1, -0.05) is 11.6 Å². The zero-order valence-corrected chi connectivity index (χ0v) is 8.03. The molecule has 1 atom stereocenters. The maximum absolute atomic E-state index is 12.6. The van der Waals surface area contributed by atoms with Gasteiger partial charge in [-0.05, 0) is 18.2 Å². The molecule has 0 amide bonds. The molecular weight excluding hydrogens is 225 g/mol. The number of aliphatic carboxylic acids is 1. The number of nitrogens with zero attached hydrogens (tertiary/aromatic N) is 1. The number of ether oxygens (including phenoxy) is 1. The van der Waals surface area contributed by atoms with Crippen molar-refractivity contribution < 1.29 is 19.0 Å². The molecule has 0 saturated carbocycles. The van der Waals surface area contributed by atoms with Crippen LogP contribution in [0.3, 0.4) is 0 Å². The van der Waals surface area contributed by atoms with E-state index in [4.69, 9.17) is 22.0 Å². The van der Waals surface area contributed by atoms with Crippen LogP contribution in [-0.4, -0.2) is 17.4 Å². The molecule has 1 N–H and O–H groups in total. The van der Waals surface area contributed by atoms with E-state index in [1.807, 2.05) is 6.07 Å². The number of rotatable bonds is 3. The lowest BCUT2D eigenvalue weighted by Crippen LogP contribution is -2.21. The molecule has 0 spiro atoms. The summed E-state index contributed by atoms with van der Waals surface area (Å²) in [6.45, 7) is 0. The SMILES string of the molecule is N#Cc1ccc(OC(F)C(=O)O)c(Cl)c1. The van der Waals surface area contributed by atoms with Crippen LogP contribution in [0.5, 0.6) is 5.75 Å². The first-order chi connectivity index (χ1) is 7.04. The molecular formula is C9H5ClFNO3. The number of halogens is 2. The van der Waals surface area contributed by atoms with E-state index in [0.29, 0.717) is 0 Å². The summed E-state index contributed by atoms with van der Waals surface area (Å²) in [4.78, 5) is 10.1. The average Bonchev–Trinajstić information content (AvgIpc) is 2.20. The van der Waals surface area contributed by atoms with Crippen molar-refractivity contribution in [1.82, 2.24) is 0 Å². The van der Waals surface area contributed by atoms with Crippen molar-refractivity contribution >= 4 is 17.6 Å². The van der Waals surface area contributed by atoms with Gasteiger partial charge in [-0.3, -0.25) is 0 Å². The molecule has 0 fully saturated rings. The van der Waals surface area contributed by atoms with Gasteiger partial charge in [-0.2, -0.15) is 9.65 Å². The van der Waals surface area contributed by atoms with Gasteiger partial charge in [-0.15, -0.1) is 0 Å². The van der Waals surface area contributed by atoms with Crippen molar-refractivity contribution in [3.8, 4) is 11.8 Å². The number of alkyl halides is 1. The Morgan fingerprint density at radius 1 is 1.67 bits per heavy atom. The lowest BCUT2D eigenvalue weighted by molar-refractivity contribution is -0.153. The third-order valence-electron chi connectivity index (χ3n) is 1.49. The third-order valence-corrected chi connectivity index (χ3v) is 1.78. The van der Waals surface area contributed by atoms with E-state index in [2.05, 4.69) is 4.74 Å². The molecule has 15 heavy (non-hydrogen) atoms. The molecule has 78 valence electrons. The van der Waals surface area contributed by atoms with Crippen molar-refractivity contribution in [2.45, 2.75) is 6.36 Å². The lowest BCUT2D eigenvalue weighted by Gasteiger charge is -2.08. The normalized spacial score (nSPS) is 11.5. The highest BCUT2D eigenvalue weighted by atomic mass is 35.5. The molecule has 0 aliphatic heterocycles. The Hall–Kier alpha value is -1.80. The van der Waals surface area contributed by atoms with Crippen LogP contribution in [0.15, 0.2) is 18.2 Å². The van der Waals surface area contributed by atoms with E-state index >= 15 is 0 Å². The van der Waals surface area contributed by atoms with Crippen LogP contribution < -0.4 is 4.74 Å². The van der Waals surface area contributed by atoms with Crippen molar-refractivity contribution in [1.29, 1.82) is 5.26 Å². The Bertz CT molecular complexity index is 430. The Labute approximate surface area is 89.5 Å². The van der Waals surface area contributed by atoms with Crippen LogP contribution in [0.4, 0.5) is 4.39 Å². The van der Waals surface area contributed by atoms with Crippen LogP contribution in [-0.2, 0) is 4.79 Å². The summed E-state index contributed by atoms with van der Waals surface area (Å²) >= 11 is 5.62. The molecule has 0 aliphatic carbocycles. The predicted molar refractivity (Wildman–Crippen MR) is 49.3 cm³/mol. The van der Waals surface area contributed by atoms with Crippen LogP contribution in [0.2, 0.25) is 5.02 Å². The molecule has 0 aliphatic rings. The maximum atomic E-state index is 12.6. The molecule has 6 heteroatoms. The second kappa shape index (κ2) is 4.62. The highest BCUT2D eigenvalue weighted by Crippen LogP contribution is 2.26. The summed E-state index contributed by atoms with van der Waals surface area (Å²) in [5.41, 5.74) is 0.276. The summed E-state index contributed by atoms with van der Waals surface area (Å²) in [6.07, 6.45) is -2.48. The fraction of sp³-hybridized carbons (Fsp3) is 0.111. The van der Waals surface area contributed by atoms with E-state index in [0.717, 1.165) is 0 Å². The third kappa shape index (κ3) is 2.82.